The molecule has 80 valence electrons. The maximum absolute atomic E-state index is 11.0. The molecule has 1 aromatic rings. The van der Waals surface area contributed by atoms with Gasteiger partial charge < -0.3 is 4.74 Å². The number of halogens is 2. The number of azo groups is 1. The highest BCUT2D eigenvalue weighted by Gasteiger charge is 2.13. The molecule has 0 saturated carbocycles. The molecule has 0 amide bonds. The molecule has 1 aromatic carbocycles. The van der Waals surface area contributed by atoms with Crippen LogP contribution in [0.3, 0.4) is 0 Å². The zero-order chi connectivity index (χ0) is 11.3. The van der Waals surface area contributed by atoms with Crippen molar-refractivity contribution in [1.29, 1.82) is 0 Å². The van der Waals surface area contributed by atoms with E-state index < -0.39 is 10.9 Å². The molecule has 1 atom stereocenters. The number of alkyl halides is 1. The molecule has 0 heterocycles. The van der Waals surface area contributed by atoms with Gasteiger partial charge in [-0.05, 0) is 28.1 Å². The van der Waals surface area contributed by atoms with Crippen LogP contribution in [0.5, 0.6) is 0 Å². The summed E-state index contributed by atoms with van der Waals surface area (Å²) in [6.07, 6.45) is 0. The second-order valence-electron chi connectivity index (χ2n) is 2.53. The van der Waals surface area contributed by atoms with E-state index in [0.29, 0.717) is 10.7 Å². The SMILES string of the molecule is COC(=O)C(Br)N=Nc1ccccc1Cl. The van der Waals surface area contributed by atoms with Crippen LogP contribution in [0.2, 0.25) is 5.02 Å². The molecule has 6 heteroatoms. The fourth-order valence-corrected chi connectivity index (χ4v) is 1.24. The summed E-state index contributed by atoms with van der Waals surface area (Å²) in [5.41, 5.74) is 0.507. The van der Waals surface area contributed by atoms with Crippen LogP contribution in [0.15, 0.2) is 34.5 Å². The van der Waals surface area contributed by atoms with E-state index in [4.69, 9.17) is 11.6 Å². The first-order chi connectivity index (χ1) is 7.15. The summed E-state index contributed by atoms with van der Waals surface area (Å²) in [7, 11) is 1.28. The van der Waals surface area contributed by atoms with Crippen molar-refractivity contribution >= 4 is 39.2 Å². The van der Waals surface area contributed by atoms with Crippen molar-refractivity contribution in [2.75, 3.05) is 7.11 Å². The van der Waals surface area contributed by atoms with Gasteiger partial charge in [-0.15, -0.1) is 0 Å². The first-order valence-electron chi connectivity index (χ1n) is 4.02. The molecule has 0 aliphatic carbocycles. The molecule has 0 aliphatic rings. The Balaban J connectivity index is 2.74. The molecule has 15 heavy (non-hydrogen) atoms. The summed E-state index contributed by atoms with van der Waals surface area (Å²) in [5.74, 6) is -0.509. The molecule has 0 radical (unpaired) electrons. The number of rotatable bonds is 3. The Morgan fingerprint density at radius 2 is 2.20 bits per heavy atom. The Kier molecular flexibility index (Phi) is 4.71. The molecule has 0 spiro atoms. The molecule has 0 fully saturated rings. The second kappa shape index (κ2) is 5.82. The summed E-state index contributed by atoms with van der Waals surface area (Å²) in [6, 6.07) is 6.95. The summed E-state index contributed by atoms with van der Waals surface area (Å²) >= 11 is 8.84. The highest BCUT2D eigenvalue weighted by Crippen LogP contribution is 2.24. The summed E-state index contributed by atoms with van der Waals surface area (Å²) in [5, 5.41) is 8.01. The van der Waals surface area contributed by atoms with Crippen LogP contribution in [0.4, 0.5) is 5.69 Å². The van der Waals surface area contributed by atoms with Crippen LogP contribution < -0.4 is 0 Å². The zero-order valence-electron chi connectivity index (χ0n) is 7.85. The van der Waals surface area contributed by atoms with Gasteiger partial charge >= 0.3 is 5.97 Å². The van der Waals surface area contributed by atoms with Crippen LogP contribution in [-0.2, 0) is 9.53 Å². The van der Waals surface area contributed by atoms with E-state index >= 15 is 0 Å². The predicted molar refractivity (Wildman–Crippen MR) is 60.7 cm³/mol. The van der Waals surface area contributed by atoms with Crippen molar-refractivity contribution in [3.8, 4) is 0 Å². The third kappa shape index (κ3) is 3.60. The van der Waals surface area contributed by atoms with Gasteiger partial charge in [0, 0.05) is 0 Å². The van der Waals surface area contributed by atoms with Crippen molar-refractivity contribution in [2.24, 2.45) is 10.2 Å². The minimum Gasteiger partial charge on any atom is -0.467 e. The third-order valence-electron chi connectivity index (χ3n) is 1.51. The maximum Gasteiger partial charge on any atom is 0.343 e. The molecule has 0 bridgehead atoms. The number of methoxy groups -OCH3 is 1. The number of carbonyl (C=O) groups is 1. The van der Waals surface area contributed by atoms with Crippen LogP contribution >= 0.6 is 27.5 Å². The summed E-state index contributed by atoms with van der Waals surface area (Å²) < 4.78 is 4.46. The van der Waals surface area contributed by atoms with E-state index in [-0.39, 0.29) is 0 Å². The first-order valence-corrected chi connectivity index (χ1v) is 5.32. The smallest absolute Gasteiger partial charge is 0.343 e. The van der Waals surface area contributed by atoms with Crippen LogP contribution in [0, 0.1) is 0 Å². The predicted octanol–water partition coefficient (Wildman–Crippen LogP) is 3.32. The lowest BCUT2D eigenvalue weighted by atomic mass is 10.3. The Labute approximate surface area is 100 Å². The quantitative estimate of drug-likeness (QED) is 0.371. The number of nitrogens with zero attached hydrogens (tertiary/aromatic N) is 2. The molecular weight excluding hydrogens is 283 g/mol. The standard InChI is InChI=1S/C9H8BrClN2O2/c1-15-9(14)8(10)13-12-7-5-3-2-4-6(7)11/h2-5,8H,1H3. The van der Waals surface area contributed by atoms with Gasteiger partial charge in [-0.2, -0.15) is 10.2 Å². The van der Waals surface area contributed by atoms with Crippen molar-refractivity contribution < 1.29 is 9.53 Å². The summed E-state index contributed by atoms with van der Waals surface area (Å²) in [4.78, 5) is 10.2. The second-order valence-corrected chi connectivity index (χ2v) is 3.80. The average molecular weight is 292 g/mol. The van der Waals surface area contributed by atoms with Crippen LogP contribution in [0.25, 0.3) is 0 Å². The average Bonchev–Trinajstić information content (AvgIpc) is 2.26. The van der Waals surface area contributed by atoms with E-state index in [1.54, 1.807) is 24.3 Å². The van der Waals surface area contributed by atoms with Gasteiger partial charge in [0.15, 0.2) is 0 Å². The zero-order valence-corrected chi connectivity index (χ0v) is 10.2. The minimum atomic E-state index is -0.807. The monoisotopic (exact) mass is 290 g/mol. The number of carbonyl (C=O) groups excluding carboxylic acids is 1. The lowest BCUT2D eigenvalue weighted by Crippen LogP contribution is -2.12. The highest BCUT2D eigenvalue weighted by atomic mass is 79.9. The van der Waals surface area contributed by atoms with Gasteiger partial charge in [-0.1, -0.05) is 23.7 Å². The van der Waals surface area contributed by atoms with Gasteiger partial charge in [0.25, 0.3) is 0 Å². The van der Waals surface area contributed by atoms with E-state index in [1.807, 2.05) is 0 Å². The number of hydrogen-bond acceptors (Lipinski definition) is 4. The van der Waals surface area contributed by atoms with Crippen LogP contribution in [0.1, 0.15) is 0 Å². The van der Waals surface area contributed by atoms with E-state index in [0.717, 1.165) is 0 Å². The normalized spacial score (nSPS) is 12.7. The molecule has 0 aliphatic heterocycles. The molecule has 4 nitrogen and oxygen atoms in total. The number of ether oxygens (including phenoxy) is 1. The Morgan fingerprint density at radius 1 is 1.53 bits per heavy atom. The van der Waals surface area contributed by atoms with Crippen molar-refractivity contribution in [3.63, 3.8) is 0 Å². The lowest BCUT2D eigenvalue weighted by Gasteiger charge is -2.00. The fraction of sp³-hybridized carbons (Fsp3) is 0.222. The molecule has 1 rings (SSSR count). The number of benzene rings is 1. The van der Waals surface area contributed by atoms with Gasteiger partial charge in [0.1, 0.15) is 5.69 Å². The van der Waals surface area contributed by atoms with Gasteiger partial charge in [0.05, 0.1) is 12.1 Å². The molecule has 0 aromatic heterocycles. The van der Waals surface area contributed by atoms with E-state index in [2.05, 4.69) is 30.9 Å². The minimum absolute atomic E-state index is 0.478. The molecule has 0 N–H and O–H groups in total. The highest BCUT2D eigenvalue weighted by molar-refractivity contribution is 9.10. The lowest BCUT2D eigenvalue weighted by molar-refractivity contribution is -0.139. The van der Waals surface area contributed by atoms with Crippen molar-refractivity contribution in [2.45, 2.75) is 4.95 Å². The van der Waals surface area contributed by atoms with Gasteiger partial charge in [0.2, 0.25) is 4.95 Å². The van der Waals surface area contributed by atoms with Crippen molar-refractivity contribution in [1.82, 2.24) is 0 Å². The largest absolute Gasteiger partial charge is 0.467 e. The molecule has 0 saturated heterocycles. The Morgan fingerprint density at radius 3 is 2.80 bits per heavy atom. The fourth-order valence-electron chi connectivity index (χ4n) is 0.790. The summed E-state index contributed by atoms with van der Waals surface area (Å²) in [6.45, 7) is 0. The van der Waals surface area contributed by atoms with Crippen LogP contribution in [-0.4, -0.2) is 18.0 Å². The number of esters is 1. The van der Waals surface area contributed by atoms with E-state index in [1.165, 1.54) is 7.11 Å². The molecular formula is C9H8BrClN2O2. The maximum atomic E-state index is 11.0. The Bertz CT molecular complexity index is 384. The van der Waals surface area contributed by atoms with E-state index in [9.17, 15) is 4.79 Å². The van der Waals surface area contributed by atoms with Gasteiger partial charge in [-0.3, -0.25) is 0 Å². The van der Waals surface area contributed by atoms with Crippen molar-refractivity contribution in [3.05, 3.63) is 29.3 Å². The Hall–Kier alpha value is -0.940. The number of hydrogen-bond donors (Lipinski definition) is 0. The topological polar surface area (TPSA) is 51.0 Å². The molecule has 1 unspecified atom stereocenters. The first kappa shape index (κ1) is 12.1. The third-order valence-corrected chi connectivity index (χ3v) is 2.39. The van der Waals surface area contributed by atoms with Gasteiger partial charge in [-0.25, -0.2) is 4.79 Å².